The highest BCUT2D eigenvalue weighted by atomic mass is 79.9. The van der Waals surface area contributed by atoms with Crippen LogP contribution in [-0.2, 0) is 24.5 Å². The Hall–Kier alpha value is -1.16. The van der Waals surface area contributed by atoms with E-state index in [4.69, 9.17) is 4.74 Å². The number of ether oxygens (including phenoxy) is 1. The highest BCUT2D eigenvalue weighted by Crippen LogP contribution is 2.13. The van der Waals surface area contributed by atoms with Crippen LogP contribution in [0.4, 0.5) is 0 Å². The SMILES string of the molecule is CNCc1ccc(COCc2cccc(Br)c2)cc1. The molecule has 0 saturated carbocycles. The van der Waals surface area contributed by atoms with Crippen molar-refractivity contribution >= 4 is 15.9 Å². The molecule has 1 N–H and O–H groups in total. The third-order valence-corrected chi connectivity index (χ3v) is 3.32. The second-order valence-corrected chi connectivity index (χ2v) is 5.39. The lowest BCUT2D eigenvalue weighted by Gasteiger charge is -2.06. The molecule has 0 spiro atoms. The van der Waals surface area contributed by atoms with Crippen LogP contribution in [0.2, 0.25) is 0 Å². The molecule has 0 aliphatic carbocycles. The van der Waals surface area contributed by atoms with Gasteiger partial charge in [0.2, 0.25) is 0 Å². The molecule has 0 atom stereocenters. The molecule has 0 aliphatic rings. The summed E-state index contributed by atoms with van der Waals surface area (Å²) in [5.74, 6) is 0. The van der Waals surface area contributed by atoms with E-state index in [0.29, 0.717) is 13.2 Å². The van der Waals surface area contributed by atoms with Crippen molar-refractivity contribution in [2.75, 3.05) is 7.05 Å². The minimum atomic E-state index is 0.637. The number of rotatable bonds is 6. The van der Waals surface area contributed by atoms with Crippen LogP contribution in [0.25, 0.3) is 0 Å². The Balaban J connectivity index is 1.82. The lowest BCUT2D eigenvalue weighted by Crippen LogP contribution is -2.04. The summed E-state index contributed by atoms with van der Waals surface area (Å²) in [5.41, 5.74) is 3.68. The van der Waals surface area contributed by atoms with Gasteiger partial charge in [-0.15, -0.1) is 0 Å². The van der Waals surface area contributed by atoms with Gasteiger partial charge in [-0.1, -0.05) is 52.3 Å². The normalized spacial score (nSPS) is 10.6. The molecule has 2 aromatic carbocycles. The summed E-state index contributed by atoms with van der Waals surface area (Å²) in [6.45, 7) is 2.18. The van der Waals surface area contributed by atoms with Crippen LogP contribution >= 0.6 is 15.9 Å². The average molecular weight is 320 g/mol. The van der Waals surface area contributed by atoms with Crippen LogP contribution < -0.4 is 5.32 Å². The number of hydrogen-bond donors (Lipinski definition) is 1. The summed E-state index contributed by atoms with van der Waals surface area (Å²) in [7, 11) is 1.95. The standard InChI is InChI=1S/C16H18BrNO/c1-18-10-13-5-7-14(8-6-13)11-19-12-15-3-2-4-16(17)9-15/h2-9,18H,10-12H2,1H3. The van der Waals surface area contributed by atoms with Crippen molar-refractivity contribution in [1.82, 2.24) is 5.32 Å². The maximum atomic E-state index is 5.72. The number of nitrogens with one attached hydrogen (secondary N) is 1. The van der Waals surface area contributed by atoms with Gasteiger partial charge in [0.1, 0.15) is 0 Å². The molecule has 0 radical (unpaired) electrons. The van der Waals surface area contributed by atoms with Gasteiger partial charge in [0.15, 0.2) is 0 Å². The first-order valence-corrected chi connectivity index (χ1v) is 7.12. The molecule has 2 aromatic rings. The molecule has 2 nitrogen and oxygen atoms in total. The van der Waals surface area contributed by atoms with Gasteiger partial charge in [0, 0.05) is 11.0 Å². The smallest absolute Gasteiger partial charge is 0.0721 e. The summed E-state index contributed by atoms with van der Waals surface area (Å²) in [6.07, 6.45) is 0. The van der Waals surface area contributed by atoms with E-state index in [1.54, 1.807) is 0 Å². The number of benzene rings is 2. The Kier molecular flexibility index (Phi) is 5.58. The first-order chi connectivity index (χ1) is 9.28. The quantitative estimate of drug-likeness (QED) is 0.872. The first kappa shape index (κ1) is 14.3. The summed E-state index contributed by atoms with van der Waals surface area (Å²) in [6, 6.07) is 16.7. The van der Waals surface area contributed by atoms with Gasteiger partial charge in [-0.05, 0) is 35.9 Å². The highest BCUT2D eigenvalue weighted by Gasteiger charge is 1.97. The topological polar surface area (TPSA) is 21.3 Å². The molecule has 2 rings (SSSR count). The summed E-state index contributed by atoms with van der Waals surface area (Å²) >= 11 is 3.46. The Morgan fingerprint density at radius 2 is 1.63 bits per heavy atom. The third-order valence-electron chi connectivity index (χ3n) is 2.83. The molecule has 0 bridgehead atoms. The minimum Gasteiger partial charge on any atom is -0.372 e. The van der Waals surface area contributed by atoms with E-state index in [1.807, 2.05) is 19.2 Å². The molecule has 0 aliphatic heterocycles. The Bertz CT molecular complexity index is 510. The molecule has 3 heteroatoms. The fourth-order valence-electron chi connectivity index (χ4n) is 1.87. The molecule has 0 saturated heterocycles. The molecule has 0 unspecified atom stereocenters. The van der Waals surface area contributed by atoms with Gasteiger partial charge in [-0.25, -0.2) is 0 Å². The molecule has 0 heterocycles. The zero-order valence-corrected chi connectivity index (χ0v) is 12.6. The Labute approximate surface area is 122 Å². The molecule has 100 valence electrons. The van der Waals surface area contributed by atoms with E-state index >= 15 is 0 Å². The average Bonchev–Trinajstić information content (AvgIpc) is 2.41. The number of hydrogen-bond acceptors (Lipinski definition) is 2. The van der Waals surface area contributed by atoms with Crippen LogP contribution in [0.5, 0.6) is 0 Å². The maximum absolute atomic E-state index is 5.72. The van der Waals surface area contributed by atoms with Gasteiger partial charge in [0.25, 0.3) is 0 Å². The fourth-order valence-corrected chi connectivity index (χ4v) is 2.32. The van der Waals surface area contributed by atoms with Crippen LogP contribution in [0.3, 0.4) is 0 Å². The fraction of sp³-hybridized carbons (Fsp3) is 0.250. The molecule has 0 amide bonds. The molecular formula is C16H18BrNO. The predicted octanol–water partition coefficient (Wildman–Crippen LogP) is 3.89. The van der Waals surface area contributed by atoms with Crippen molar-refractivity contribution < 1.29 is 4.74 Å². The molecule has 0 aromatic heterocycles. The lowest BCUT2D eigenvalue weighted by molar-refractivity contribution is 0.107. The number of halogens is 1. The second kappa shape index (κ2) is 7.43. The first-order valence-electron chi connectivity index (χ1n) is 6.32. The minimum absolute atomic E-state index is 0.637. The van der Waals surface area contributed by atoms with E-state index in [-0.39, 0.29) is 0 Å². The molecule has 19 heavy (non-hydrogen) atoms. The van der Waals surface area contributed by atoms with Crippen LogP contribution in [0.1, 0.15) is 16.7 Å². The second-order valence-electron chi connectivity index (χ2n) is 4.47. The van der Waals surface area contributed by atoms with Crippen LogP contribution in [0.15, 0.2) is 53.0 Å². The van der Waals surface area contributed by atoms with Crippen molar-refractivity contribution in [2.24, 2.45) is 0 Å². The maximum Gasteiger partial charge on any atom is 0.0721 e. The van der Waals surface area contributed by atoms with Crippen molar-refractivity contribution in [3.63, 3.8) is 0 Å². The third kappa shape index (κ3) is 4.78. The van der Waals surface area contributed by atoms with Crippen LogP contribution in [-0.4, -0.2) is 7.05 Å². The van der Waals surface area contributed by atoms with E-state index in [2.05, 4.69) is 57.6 Å². The molecule has 0 fully saturated rings. The zero-order valence-electron chi connectivity index (χ0n) is 11.0. The van der Waals surface area contributed by atoms with Gasteiger partial charge in [-0.2, -0.15) is 0 Å². The largest absolute Gasteiger partial charge is 0.372 e. The lowest BCUT2D eigenvalue weighted by atomic mass is 10.1. The van der Waals surface area contributed by atoms with Crippen molar-refractivity contribution in [3.8, 4) is 0 Å². The summed E-state index contributed by atoms with van der Waals surface area (Å²) in [5, 5.41) is 3.14. The summed E-state index contributed by atoms with van der Waals surface area (Å²) in [4.78, 5) is 0. The van der Waals surface area contributed by atoms with E-state index in [9.17, 15) is 0 Å². The van der Waals surface area contributed by atoms with Gasteiger partial charge in [0.05, 0.1) is 13.2 Å². The predicted molar refractivity (Wildman–Crippen MR) is 81.8 cm³/mol. The summed E-state index contributed by atoms with van der Waals surface area (Å²) < 4.78 is 6.81. The Morgan fingerprint density at radius 3 is 2.32 bits per heavy atom. The monoisotopic (exact) mass is 319 g/mol. The van der Waals surface area contributed by atoms with Gasteiger partial charge < -0.3 is 10.1 Å². The van der Waals surface area contributed by atoms with Crippen molar-refractivity contribution in [2.45, 2.75) is 19.8 Å². The highest BCUT2D eigenvalue weighted by molar-refractivity contribution is 9.10. The van der Waals surface area contributed by atoms with Gasteiger partial charge >= 0.3 is 0 Å². The van der Waals surface area contributed by atoms with E-state index in [1.165, 1.54) is 16.7 Å². The molecular weight excluding hydrogens is 302 g/mol. The van der Waals surface area contributed by atoms with Crippen molar-refractivity contribution in [1.29, 1.82) is 0 Å². The zero-order chi connectivity index (χ0) is 13.5. The van der Waals surface area contributed by atoms with E-state index in [0.717, 1.165) is 11.0 Å². The van der Waals surface area contributed by atoms with E-state index < -0.39 is 0 Å². The van der Waals surface area contributed by atoms with Crippen molar-refractivity contribution in [3.05, 3.63) is 69.7 Å². The van der Waals surface area contributed by atoms with Crippen LogP contribution in [0, 0.1) is 0 Å². The van der Waals surface area contributed by atoms with Gasteiger partial charge in [-0.3, -0.25) is 0 Å². The Morgan fingerprint density at radius 1 is 0.947 bits per heavy atom.